The monoisotopic (exact) mass is 210 g/mol. The largest absolute Gasteiger partial charge is 0.443 e. The van der Waals surface area contributed by atoms with Gasteiger partial charge < -0.3 is 10.5 Å². The molecule has 0 saturated carbocycles. The van der Waals surface area contributed by atoms with Crippen molar-refractivity contribution in [2.24, 2.45) is 5.73 Å². The molecule has 0 radical (unpaired) electrons. The molecule has 1 aromatic carbocycles. The van der Waals surface area contributed by atoms with Gasteiger partial charge in [-0.3, -0.25) is 4.90 Å². The number of amides is 1. The van der Waals surface area contributed by atoms with Crippen LogP contribution in [0.5, 0.6) is 0 Å². The van der Waals surface area contributed by atoms with Crippen LogP contribution in [-0.4, -0.2) is 25.3 Å². The molecule has 0 bridgehead atoms. The normalized spacial score (nSPS) is 20.5. The summed E-state index contributed by atoms with van der Waals surface area (Å²) in [5, 5.41) is 0. The van der Waals surface area contributed by atoms with E-state index >= 15 is 0 Å². The number of hydrogen-bond donors (Lipinski definition) is 1. The van der Waals surface area contributed by atoms with Gasteiger partial charge >= 0.3 is 6.09 Å². The molecule has 1 fully saturated rings. The van der Waals surface area contributed by atoms with Gasteiger partial charge in [0, 0.05) is 12.2 Å². The predicted molar refractivity (Wildman–Crippen MR) is 53.1 cm³/mol. The quantitative estimate of drug-likeness (QED) is 0.795. The first kappa shape index (κ1) is 9.92. The number of anilines is 1. The molecule has 80 valence electrons. The van der Waals surface area contributed by atoms with E-state index in [1.54, 1.807) is 0 Å². The van der Waals surface area contributed by atoms with Gasteiger partial charge in [-0.1, -0.05) is 0 Å². The summed E-state index contributed by atoms with van der Waals surface area (Å²) in [6.07, 6.45) is -0.709. The van der Waals surface area contributed by atoms with Gasteiger partial charge in [-0.25, -0.2) is 9.18 Å². The Hall–Kier alpha value is -1.62. The third-order valence-electron chi connectivity index (χ3n) is 2.28. The maximum atomic E-state index is 12.7. The molecule has 2 N–H and O–H groups in total. The zero-order valence-electron chi connectivity index (χ0n) is 8.02. The molecular weight excluding hydrogens is 199 g/mol. The van der Waals surface area contributed by atoms with Crippen LogP contribution in [0.25, 0.3) is 0 Å². The van der Waals surface area contributed by atoms with E-state index in [4.69, 9.17) is 10.5 Å². The predicted octanol–water partition coefficient (Wildman–Crippen LogP) is 1.11. The van der Waals surface area contributed by atoms with Crippen molar-refractivity contribution in [1.82, 2.24) is 0 Å². The van der Waals surface area contributed by atoms with Crippen molar-refractivity contribution < 1.29 is 13.9 Å². The lowest BCUT2D eigenvalue weighted by atomic mass is 10.2. The molecule has 1 aliphatic rings. The van der Waals surface area contributed by atoms with E-state index < -0.39 is 6.09 Å². The number of halogens is 1. The summed E-state index contributed by atoms with van der Waals surface area (Å²) in [5.74, 6) is -0.332. The third kappa shape index (κ3) is 1.92. The summed E-state index contributed by atoms with van der Waals surface area (Å²) in [7, 11) is 0. The summed E-state index contributed by atoms with van der Waals surface area (Å²) in [6.45, 7) is 0.713. The van der Waals surface area contributed by atoms with E-state index in [1.807, 2.05) is 0 Å². The number of nitrogens with two attached hydrogens (primary N) is 1. The average molecular weight is 210 g/mol. The van der Waals surface area contributed by atoms with Crippen molar-refractivity contribution in [1.29, 1.82) is 0 Å². The summed E-state index contributed by atoms with van der Waals surface area (Å²) < 4.78 is 17.6. The zero-order valence-corrected chi connectivity index (χ0v) is 8.02. The van der Waals surface area contributed by atoms with Crippen molar-refractivity contribution in [2.75, 3.05) is 18.0 Å². The molecule has 1 amide bonds. The number of carbonyl (C=O) groups excluding carboxylic acids is 1. The average Bonchev–Trinajstić information content (AvgIpc) is 2.61. The Morgan fingerprint density at radius 1 is 1.47 bits per heavy atom. The SMILES string of the molecule is NCC1CN(c2ccc(F)cc2)C(=O)O1. The van der Waals surface area contributed by atoms with Gasteiger partial charge in [0.15, 0.2) is 0 Å². The van der Waals surface area contributed by atoms with Crippen LogP contribution >= 0.6 is 0 Å². The van der Waals surface area contributed by atoms with Crippen LogP contribution in [0, 0.1) is 5.82 Å². The smallest absolute Gasteiger partial charge is 0.414 e. The van der Waals surface area contributed by atoms with Crippen molar-refractivity contribution in [3.8, 4) is 0 Å². The third-order valence-corrected chi connectivity index (χ3v) is 2.28. The minimum atomic E-state index is -0.433. The Morgan fingerprint density at radius 3 is 2.67 bits per heavy atom. The van der Waals surface area contributed by atoms with E-state index in [9.17, 15) is 9.18 Å². The van der Waals surface area contributed by atoms with Crippen LogP contribution in [0.4, 0.5) is 14.9 Å². The highest BCUT2D eigenvalue weighted by atomic mass is 19.1. The molecule has 1 unspecified atom stereocenters. The number of hydrogen-bond acceptors (Lipinski definition) is 3. The second-order valence-electron chi connectivity index (χ2n) is 3.33. The fourth-order valence-electron chi connectivity index (χ4n) is 1.48. The second kappa shape index (κ2) is 3.86. The molecule has 1 saturated heterocycles. The van der Waals surface area contributed by atoms with Gasteiger partial charge in [-0.2, -0.15) is 0 Å². The first-order valence-corrected chi connectivity index (χ1v) is 4.64. The van der Waals surface area contributed by atoms with Crippen LogP contribution in [0.2, 0.25) is 0 Å². The number of ether oxygens (including phenoxy) is 1. The van der Waals surface area contributed by atoms with E-state index in [1.165, 1.54) is 29.2 Å². The van der Waals surface area contributed by atoms with Crippen molar-refractivity contribution >= 4 is 11.8 Å². The Kier molecular flexibility index (Phi) is 2.55. The standard InChI is InChI=1S/C10H11FN2O2/c11-7-1-3-8(4-2-7)13-6-9(5-12)15-10(13)14/h1-4,9H,5-6,12H2. The fourth-order valence-corrected chi connectivity index (χ4v) is 1.48. The number of nitrogens with zero attached hydrogens (tertiary/aromatic N) is 1. The van der Waals surface area contributed by atoms with Gasteiger partial charge in [0.05, 0.1) is 6.54 Å². The summed E-state index contributed by atoms with van der Waals surface area (Å²) in [5.41, 5.74) is 6.02. The number of rotatable bonds is 2. The molecular formula is C10H11FN2O2. The zero-order chi connectivity index (χ0) is 10.8. The Balaban J connectivity index is 2.18. The lowest BCUT2D eigenvalue weighted by Gasteiger charge is -2.12. The maximum Gasteiger partial charge on any atom is 0.414 e. The topological polar surface area (TPSA) is 55.6 Å². The summed E-state index contributed by atoms with van der Waals surface area (Å²) >= 11 is 0. The van der Waals surface area contributed by atoms with Crippen molar-refractivity contribution in [2.45, 2.75) is 6.10 Å². The molecule has 15 heavy (non-hydrogen) atoms. The number of carbonyl (C=O) groups is 1. The lowest BCUT2D eigenvalue weighted by Crippen LogP contribution is -2.27. The van der Waals surface area contributed by atoms with E-state index in [2.05, 4.69) is 0 Å². The number of cyclic esters (lactones) is 1. The molecule has 1 atom stereocenters. The van der Waals surface area contributed by atoms with E-state index in [0.717, 1.165) is 0 Å². The van der Waals surface area contributed by atoms with Crippen molar-refractivity contribution in [3.63, 3.8) is 0 Å². The molecule has 4 nitrogen and oxygen atoms in total. The minimum Gasteiger partial charge on any atom is -0.443 e. The van der Waals surface area contributed by atoms with E-state index in [-0.39, 0.29) is 11.9 Å². The molecule has 2 rings (SSSR count). The van der Waals surface area contributed by atoms with Crippen LogP contribution in [-0.2, 0) is 4.74 Å². The second-order valence-corrected chi connectivity index (χ2v) is 3.33. The summed E-state index contributed by atoms with van der Waals surface area (Å²) in [6, 6.07) is 5.68. The Labute approximate surface area is 86.4 Å². The molecule has 0 spiro atoms. The Bertz CT molecular complexity index is 366. The van der Waals surface area contributed by atoms with Crippen molar-refractivity contribution in [3.05, 3.63) is 30.1 Å². The highest BCUT2D eigenvalue weighted by Gasteiger charge is 2.31. The Morgan fingerprint density at radius 2 is 2.13 bits per heavy atom. The molecule has 1 aliphatic heterocycles. The van der Waals surface area contributed by atoms with Crippen LogP contribution in [0.15, 0.2) is 24.3 Å². The van der Waals surface area contributed by atoms with Gasteiger partial charge in [0.1, 0.15) is 11.9 Å². The highest BCUT2D eigenvalue weighted by Crippen LogP contribution is 2.21. The fraction of sp³-hybridized carbons (Fsp3) is 0.300. The first-order chi connectivity index (χ1) is 7.20. The van der Waals surface area contributed by atoms with Crippen LogP contribution in [0.1, 0.15) is 0 Å². The minimum absolute atomic E-state index is 0.275. The molecule has 0 aromatic heterocycles. The first-order valence-electron chi connectivity index (χ1n) is 4.64. The highest BCUT2D eigenvalue weighted by molar-refractivity contribution is 5.89. The molecule has 1 aromatic rings. The molecule has 5 heteroatoms. The molecule has 0 aliphatic carbocycles. The maximum absolute atomic E-state index is 12.7. The van der Waals surface area contributed by atoms with Gasteiger partial charge in [-0.15, -0.1) is 0 Å². The summed E-state index contributed by atoms with van der Waals surface area (Å²) in [4.78, 5) is 12.8. The van der Waals surface area contributed by atoms with Crippen LogP contribution in [0.3, 0.4) is 0 Å². The lowest BCUT2D eigenvalue weighted by molar-refractivity contribution is 0.145. The molecule has 1 heterocycles. The number of benzene rings is 1. The van der Waals surface area contributed by atoms with Gasteiger partial charge in [-0.05, 0) is 24.3 Å². The van der Waals surface area contributed by atoms with Crippen LogP contribution < -0.4 is 10.6 Å². The van der Waals surface area contributed by atoms with Gasteiger partial charge in [0.2, 0.25) is 0 Å². The van der Waals surface area contributed by atoms with E-state index in [0.29, 0.717) is 18.8 Å². The van der Waals surface area contributed by atoms with Gasteiger partial charge in [0.25, 0.3) is 0 Å².